The first kappa shape index (κ1) is 16.3. The first-order chi connectivity index (χ1) is 12.6. The Bertz CT molecular complexity index is 969. The van der Waals surface area contributed by atoms with Crippen molar-refractivity contribution in [3.05, 3.63) is 42.1 Å². The second-order valence-electron chi connectivity index (χ2n) is 7.54. The van der Waals surface area contributed by atoms with Gasteiger partial charge in [-0.05, 0) is 48.2 Å². The zero-order valence-corrected chi connectivity index (χ0v) is 15.6. The Hall–Kier alpha value is -1.92. The van der Waals surface area contributed by atoms with Gasteiger partial charge in [-0.3, -0.25) is 4.90 Å². The topological polar surface area (TPSA) is 59.5 Å². The minimum absolute atomic E-state index is 0.0817. The molecule has 1 aromatic carbocycles. The number of nitrogens with zero attached hydrogens (tertiary/aromatic N) is 2. The van der Waals surface area contributed by atoms with E-state index in [1.54, 1.807) is 19.4 Å². The fourth-order valence-corrected chi connectivity index (χ4v) is 6.84. The van der Waals surface area contributed by atoms with E-state index in [-0.39, 0.29) is 11.2 Å². The molecule has 0 amide bonds. The van der Waals surface area contributed by atoms with Crippen LogP contribution in [0.2, 0.25) is 0 Å². The van der Waals surface area contributed by atoms with Crippen molar-refractivity contribution in [2.24, 2.45) is 0 Å². The number of hydrogen-bond acceptors (Lipinski definition) is 5. The molecule has 0 N–H and O–H groups in total. The highest BCUT2D eigenvalue weighted by Crippen LogP contribution is 2.48. The fraction of sp³-hybridized carbons (Fsp3) is 0.450. The van der Waals surface area contributed by atoms with Gasteiger partial charge >= 0.3 is 0 Å². The van der Waals surface area contributed by atoms with Crippen LogP contribution in [0.3, 0.4) is 0 Å². The summed E-state index contributed by atoms with van der Waals surface area (Å²) in [6.45, 7) is 1.53. The largest absolute Gasteiger partial charge is 0.481 e. The van der Waals surface area contributed by atoms with E-state index >= 15 is 0 Å². The number of aromatic nitrogens is 1. The van der Waals surface area contributed by atoms with Gasteiger partial charge in [-0.15, -0.1) is 0 Å². The molecule has 1 saturated carbocycles. The summed E-state index contributed by atoms with van der Waals surface area (Å²) >= 11 is 0. The van der Waals surface area contributed by atoms with E-state index in [1.807, 2.05) is 24.3 Å². The molecule has 0 bridgehead atoms. The van der Waals surface area contributed by atoms with Gasteiger partial charge in [0.05, 0.1) is 17.3 Å². The van der Waals surface area contributed by atoms with Crippen molar-refractivity contribution in [2.45, 2.75) is 41.4 Å². The van der Waals surface area contributed by atoms with E-state index in [2.05, 4.69) is 9.88 Å². The molecule has 3 aliphatic rings. The number of pyridine rings is 1. The minimum Gasteiger partial charge on any atom is -0.481 e. The lowest BCUT2D eigenvalue weighted by Crippen LogP contribution is -2.39. The predicted molar refractivity (Wildman–Crippen MR) is 99.2 cm³/mol. The Labute approximate surface area is 153 Å². The summed E-state index contributed by atoms with van der Waals surface area (Å²) < 4.78 is 31.5. The van der Waals surface area contributed by atoms with Gasteiger partial charge in [0.1, 0.15) is 0 Å². The molecule has 2 aromatic rings. The monoisotopic (exact) mass is 370 g/mol. The van der Waals surface area contributed by atoms with Crippen molar-refractivity contribution < 1.29 is 13.2 Å². The average molecular weight is 370 g/mol. The smallest absolute Gasteiger partial charge is 0.221 e. The molecule has 5 rings (SSSR count). The molecule has 0 unspecified atom stereocenters. The molecule has 1 aromatic heterocycles. The molecule has 5 nitrogen and oxygen atoms in total. The van der Waals surface area contributed by atoms with Crippen LogP contribution in [0.25, 0.3) is 11.1 Å². The van der Waals surface area contributed by atoms with E-state index in [4.69, 9.17) is 4.74 Å². The molecule has 0 radical (unpaired) electrons. The van der Waals surface area contributed by atoms with Crippen LogP contribution in [-0.4, -0.2) is 49.8 Å². The van der Waals surface area contributed by atoms with Crippen LogP contribution >= 0.6 is 0 Å². The third kappa shape index (κ3) is 2.25. The minimum atomic E-state index is -3.24. The van der Waals surface area contributed by atoms with E-state index in [0.29, 0.717) is 23.4 Å². The lowest BCUT2D eigenvalue weighted by Gasteiger charge is -2.35. The second-order valence-corrected chi connectivity index (χ2v) is 9.68. The quantitative estimate of drug-likeness (QED) is 0.831. The third-order valence-electron chi connectivity index (χ3n) is 6.28. The summed E-state index contributed by atoms with van der Waals surface area (Å²) in [6, 6.07) is 10.1. The van der Waals surface area contributed by atoms with Crippen molar-refractivity contribution in [1.82, 2.24) is 9.88 Å². The average Bonchev–Trinajstić information content (AvgIpc) is 3.12. The lowest BCUT2D eigenvalue weighted by molar-refractivity contribution is 0.157. The first-order valence-corrected chi connectivity index (χ1v) is 10.8. The number of fused-ring (bicyclic) bond motifs is 3. The molecular weight excluding hydrogens is 348 g/mol. The zero-order valence-electron chi connectivity index (χ0n) is 14.8. The highest BCUT2D eigenvalue weighted by atomic mass is 32.2. The summed E-state index contributed by atoms with van der Waals surface area (Å²) in [6.07, 6.45) is 5.38. The number of likely N-dealkylation sites (tertiary alicyclic amines) is 1. The normalized spacial score (nSPS) is 27.0. The van der Waals surface area contributed by atoms with Gasteiger partial charge < -0.3 is 4.74 Å². The van der Waals surface area contributed by atoms with Gasteiger partial charge in [0.2, 0.25) is 5.88 Å². The van der Waals surface area contributed by atoms with Crippen molar-refractivity contribution >= 4 is 9.84 Å². The van der Waals surface area contributed by atoms with Gasteiger partial charge in [0.15, 0.2) is 9.84 Å². The van der Waals surface area contributed by atoms with Crippen molar-refractivity contribution in [3.8, 4) is 17.0 Å². The molecule has 0 spiro atoms. The Kier molecular flexibility index (Phi) is 3.62. The predicted octanol–water partition coefficient (Wildman–Crippen LogP) is 2.86. The molecular formula is C20H22N2O3S. The van der Waals surface area contributed by atoms with Gasteiger partial charge in [-0.25, -0.2) is 13.4 Å². The molecule has 2 aliphatic heterocycles. The number of ether oxygens (including phenoxy) is 1. The van der Waals surface area contributed by atoms with Crippen molar-refractivity contribution in [3.63, 3.8) is 0 Å². The molecule has 136 valence electrons. The maximum Gasteiger partial charge on any atom is 0.221 e. The van der Waals surface area contributed by atoms with E-state index in [1.165, 1.54) is 19.3 Å². The zero-order chi connectivity index (χ0) is 17.9. The molecule has 1 aliphatic carbocycles. The number of sulfone groups is 1. The van der Waals surface area contributed by atoms with Crippen molar-refractivity contribution in [1.29, 1.82) is 0 Å². The molecule has 1 saturated heterocycles. The summed E-state index contributed by atoms with van der Waals surface area (Å²) in [5.41, 5.74) is 2.83. The molecule has 2 fully saturated rings. The summed E-state index contributed by atoms with van der Waals surface area (Å²) in [5.74, 6) is 0.644. The maximum absolute atomic E-state index is 13.0. The lowest BCUT2D eigenvalue weighted by atomic mass is 9.91. The van der Waals surface area contributed by atoms with Crippen LogP contribution < -0.4 is 4.74 Å². The number of benzene rings is 1. The Morgan fingerprint density at radius 1 is 1.19 bits per heavy atom. The maximum atomic E-state index is 13.0. The number of rotatable bonds is 3. The SMILES string of the molecule is COc1ncccc1-c1ccc2c(c1)[C@H]1CN(C3CCC3)C[C@@H]1S2(=O)=O. The number of methoxy groups -OCH3 is 1. The summed E-state index contributed by atoms with van der Waals surface area (Å²) in [4.78, 5) is 7.19. The summed E-state index contributed by atoms with van der Waals surface area (Å²) in [7, 11) is -1.63. The molecule has 6 heteroatoms. The molecule has 3 heterocycles. The summed E-state index contributed by atoms with van der Waals surface area (Å²) in [5, 5.41) is -0.288. The Morgan fingerprint density at radius 3 is 2.77 bits per heavy atom. The standard InChI is InChI=1S/C20H22N2O3S/c1-25-20-15(6-3-9-21-20)13-7-8-18-16(10-13)17-11-22(14-4-2-5-14)12-19(17)26(18,23)24/h3,6-10,14,17,19H,2,4-5,11-12H2,1H3/t17-,19+/m1/s1. The third-order valence-corrected chi connectivity index (χ3v) is 8.53. The highest BCUT2D eigenvalue weighted by Gasteiger charge is 2.51. The van der Waals surface area contributed by atoms with E-state index in [9.17, 15) is 8.42 Å². The van der Waals surface area contributed by atoms with Crippen LogP contribution in [0, 0.1) is 0 Å². The Morgan fingerprint density at radius 2 is 2.04 bits per heavy atom. The second kappa shape index (κ2) is 5.79. The van der Waals surface area contributed by atoms with Gasteiger partial charge in [-0.1, -0.05) is 12.5 Å². The van der Waals surface area contributed by atoms with E-state index < -0.39 is 9.84 Å². The first-order valence-electron chi connectivity index (χ1n) is 9.21. The van der Waals surface area contributed by atoms with Gasteiger partial charge in [-0.2, -0.15) is 0 Å². The highest BCUT2D eigenvalue weighted by molar-refractivity contribution is 7.92. The molecule has 26 heavy (non-hydrogen) atoms. The van der Waals surface area contributed by atoms with Crippen LogP contribution in [0.4, 0.5) is 0 Å². The van der Waals surface area contributed by atoms with Crippen LogP contribution in [0.15, 0.2) is 41.4 Å². The van der Waals surface area contributed by atoms with Crippen molar-refractivity contribution in [2.75, 3.05) is 20.2 Å². The van der Waals surface area contributed by atoms with Gasteiger partial charge in [0.25, 0.3) is 0 Å². The number of hydrogen-bond donors (Lipinski definition) is 0. The Balaban J connectivity index is 1.57. The van der Waals surface area contributed by atoms with Crippen LogP contribution in [-0.2, 0) is 9.84 Å². The molecule has 2 atom stereocenters. The van der Waals surface area contributed by atoms with Crippen LogP contribution in [0.5, 0.6) is 5.88 Å². The fourth-order valence-electron chi connectivity index (χ4n) is 4.67. The van der Waals surface area contributed by atoms with E-state index in [0.717, 1.165) is 23.2 Å². The van der Waals surface area contributed by atoms with Gasteiger partial charge in [0, 0.05) is 36.8 Å². The van der Waals surface area contributed by atoms with Crippen LogP contribution in [0.1, 0.15) is 30.7 Å².